The summed E-state index contributed by atoms with van der Waals surface area (Å²) in [6.45, 7) is 5.01. The number of aromatic carboxylic acids is 1. The van der Waals surface area contributed by atoms with Crippen LogP contribution in [0.5, 0.6) is 0 Å². The standard InChI is InChI=1S/C20H22N2O2S/c1-12(2)15-5-4-6-16-17(19(20(23)24)22-18(15)16)14-9-7-13(8-10-14)11-21-25-3/h4-10,12,21-22H,11H2,1-3H3,(H,23,24). The van der Waals surface area contributed by atoms with Gasteiger partial charge in [-0.15, -0.1) is 0 Å². The topological polar surface area (TPSA) is 65.1 Å². The van der Waals surface area contributed by atoms with E-state index in [1.807, 2.05) is 42.7 Å². The summed E-state index contributed by atoms with van der Waals surface area (Å²) in [5.41, 5.74) is 5.13. The van der Waals surface area contributed by atoms with Gasteiger partial charge < -0.3 is 10.1 Å². The molecule has 0 aliphatic carbocycles. The molecule has 0 aliphatic heterocycles. The molecule has 5 heteroatoms. The van der Waals surface area contributed by atoms with Gasteiger partial charge in [-0.2, -0.15) is 0 Å². The summed E-state index contributed by atoms with van der Waals surface area (Å²) in [5, 5.41) is 10.6. The van der Waals surface area contributed by atoms with Crippen LogP contribution in [0.15, 0.2) is 42.5 Å². The van der Waals surface area contributed by atoms with Gasteiger partial charge in [0.1, 0.15) is 5.69 Å². The molecule has 0 saturated carbocycles. The van der Waals surface area contributed by atoms with Crippen LogP contribution in [-0.2, 0) is 6.54 Å². The molecule has 0 saturated heterocycles. The Bertz CT molecular complexity index is 898. The number of hydrogen-bond donors (Lipinski definition) is 3. The normalized spacial score (nSPS) is 11.4. The van der Waals surface area contributed by atoms with Gasteiger partial charge in [0.2, 0.25) is 0 Å². The molecule has 0 bridgehead atoms. The number of rotatable bonds is 6. The summed E-state index contributed by atoms with van der Waals surface area (Å²) in [4.78, 5) is 15.0. The first-order valence-corrected chi connectivity index (χ1v) is 9.48. The molecule has 0 amide bonds. The molecular formula is C20H22N2O2S. The SMILES string of the molecule is CSNCc1ccc(-c2c(C(=O)O)[nH]c3c(C(C)C)cccc23)cc1. The molecule has 3 rings (SSSR count). The highest BCUT2D eigenvalue weighted by molar-refractivity contribution is 7.96. The van der Waals surface area contributed by atoms with Gasteiger partial charge in [0.25, 0.3) is 0 Å². The monoisotopic (exact) mass is 354 g/mol. The van der Waals surface area contributed by atoms with E-state index in [0.717, 1.165) is 39.7 Å². The van der Waals surface area contributed by atoms with E-state index in [1.54, 1.807) is 11.9 Å². The van der Waals surface area contributed by atoms with E-state index in [4.69, 9.17) is 0 Å². The molecule has 25 heavy (non-hydrogen) atoms. The number of benzene rings is 2. The Kier molecular flexibility index (Phi) is 5.16. The van der Waals surface area contributed by atoms with E-state index >= 15 is 0 Å². The van der Waals surface area contributed by atoms with Crippen LogP contribution >= 0.6 is 11.9 Å². The molecule has 3 aromatic rings. The van der Waals surface area contributed by atoms with Crippen molar-refractivity contribution in [2.75, 3.05) is 6.26 Å². The Morgan fingerprint density at radius 2 is 1.92 bits per heavy atom. The fraction of sp³-hybridized carbons (Fsp3) is 0.250. The third kappa shape index (κ3) is 3.43. The first kappa shape index (κ1) is 17.6. The number of fused-ring (bicyclic) bond motifs is 1. The Morgan fingerprint density at radius 1 is 1.20 bits per heavy atom. The van der Waals surface area contributed by atoms with Crippen molar-refractivity contribution in [1.29, 1.82) is 0 Å². The van der Waals surface area contributed by atoms with E-state index in [1.165, 1.54) is 0 Å². The minimum absolute atomic E-state index is 0.248. The number of H-pyrrole nitrogens is 1. The number of hydrogen-bond acceptors (Lipinski definition) is 3. The van der Waals surface area contributed by atoms with Crippen LogP contribution in [-0.4, -0.2) is 22.3 Å². The van der Waals surface area contributed by atoms with E-state index in [0.29, 0.717) is 5.92 Å². The maximum atomic E-state index is 11.8. The van der Waals surface area contributed by atoms with Gasteiger partial charge in [-0.25, -0.2) is 4.79 Å². The molecule has 0 unspecified atom stereocenters. The van der Waals surface area contributed by atoms with Crippen molar-refractivity contribution in [3.8, 4) is 11.1 Å². The lowest BCUT2D eigenvalue weighted by Gasteiger charge is -2.08. The number of nitrogens with one attached hydrogen (secondary N) is 2. The highest BCUT2D eigenvalue weighted by Crippen LogP contribution is 2.36. The first-order valence-electron chi connectivity index (χ1n) is 8.26. The van der Waals surface area contributed by atoms with Gasteiger partial charge in [-0.3, -0.25) is 4.72 Å². The largest absolute Gasteiger partial charge is 0.477 e. The predicted octanol–water partition coefficient (Wildman–Crippen LogP) is 5.02. The highest BCUT2D eigenvalue weighted by atomic mass is 32.2. The summed E-state index contributed by atoms with van der Waals surface area (Å²) in [6.07, 6.45) is 1.99. The molecule has 0 radical (unpaired) electrons. The van der Waals surface area contributed by atoms with Gasteiger partial charge in [-0.1, -0.05) is 68.3 Å². The van der Waals surface area contributed by atoms with Crippen LogP contribution in [0.1, 0.15) is 41.4 Å². The Balaban J connectivity index is 2.16. The molecule has 0 atom stereocenters. The van der Waals surface area contributed by atoms with Crippen LogP contribution in [0.25, 0.3) is 22.0 Å². The summed E-state index contributed by atoms with van der Waals surface area (Å²) in [7, 11) is 0. The molecule has 1 aromatic heterocycles. The van der Waals surface area contributed by atoms with Gasteiger partial charge in [0.15, 0.2) is 0 Å². The zero-order chi connectivity index (χ0) is 18.0. The Morgan fingerprint density at radius 3 is 2.52 bits per heavy atom. The lowest BCUT2D eigenvalue weighted by atomic mass is 9.96. The molecule has 4 nitrogen and oxygen atoms in total. The number of aromatic amines is 1. The van der Waals surface area contributed by atoms with E-state index in [2.05, 4.69) is 29.6 Å². The van der Waals surface area contributed by atoms with E-state index in [9.17, 15) is 9.90 Å². The number of carbonyl (C=O) groups is 1. The molecule has 2 aromatic carbocycles. The fourth-order valence-electron chi connectivity index (χ4n) is 3.13. The van der Waals surface area contributed by atoms with Crippen molar-refractivity contribution in [2.24, 2.45) is 0 Å². The molecule has 1 heterocycles. The average Bonchev–Trinajstić information content (AvgIpc) is 3.00. The Hall–Kier alpha value is -2.24. The number of aromatic nitrogens is 1. The second-order valence-electron chi connectivity index (χ2n) is 6.33. The maximum absolute atomic E-state index is 11.8. The van der Waals surface area contributed by atoms with Crippen LogP contribution in [0.3, 0.4) is 0 Å². The van der Waals surface area contributed by atoms with E-state index in [-0.39, 0.29) is 5.69 Å². The smallest absolute Gasteiger partial charge is 0.352 e. The van der Waals surface area contributed by atoms with E-state index < -0.39 is 5.97 Å². The van der Waals surface area contributed by atoms with Gasteiger partial charge in [0, 0.05) is 17.5 Å². The lowest BCUT2D eigenvalue weighted by molar-refractivity contribution is 0.0692. The summed E-state index contributed by atoms with van der Waals surface area (Å²) >= 11 is 1.58. The third-order valence-corrected chi connectivity index (χ3v) is 4.80. The predicted molar refractivity (Wildman–Crippen MR) is 105 cm³/mol. The van der Waals surface area contributed by atoms with Crippen molar-refractivity contribution in [2.45, 2.75) is 26.3 Å². The zero-order valence-electron chi connectivity index (χ0n) is 14.6. The number of carboxylic acids is 1. The zero-order valence-corrected chi connectivity index (χ0v) is 15.4. The van der Waals surface area contributed by atoms with Gasteiger partial charge >= 0.3 is 5.97 Å². The van der Waals surface area contributed by atoms with Crippen molar-refractivity contribution in [3.05, 3.63) is 59.3 Å². The maximum Gasteiger partial charge on any atom is 0.352 e. The van der Waals surface area contributed by atoms with Crippen LogP contribution in [0, 0.1) is 0 Å². The molecule has 130 valence electrons. The summed E-state index contributed by atoms with van der Waals surface area (Å²) in [5.74, 6) is -0.620. The van der Waals surface area contributed by atoms with Crippen molar-refractivity contribution < 1.29 is 9.90 Å². The minimum Gasteiger partial charge on any atom is -0.477 e. The third-order valence-electron chi connectivity index (χ3n) is 4.37. The average molecular weight is 354 g/mol. The summed E-state index contributed by atoms with van der Waals surface area (Å²) in [6, 6.07) is 14.1. The quantitative estimate of drug-likeness (QED) is 0.544. The molecule has 0 fully saturated rings. The van der Waals surface area contributed by atoms with Crippen LogP contribution < -0.4 is 4.72 Å². The van der Waals surface area contributed by atoms with Gasteiger partial charge in [-0.05, 0) is 28.9 Å². The molecule has 0 spiro atoms. The second kappa shape index (κ2) is 7.33. The van der Waals surface area contributed by atoms with Crippen molar-refractivity contribution >= 4 is 28.8 Å². The molecule has 0 aliphatic rings. The lowest BCUT2D eigenvalue weighted by Crippen LogP contribution is -2.02. The van der Waals surface area contributed by atoms with Crippen LogP contribution in [0.4, 0.5) is 0 Å². The number of para-hydroxylation sites is 1. The fourth-order valence-corrected chi connectivity index (χ4v) is 3.44. The van der Waals surface area contributed by atoms with Crippen LogP contribution in [0.2, 0.25) is 0 Å². The molecular weight excluding hydrogens is 332 g/mol. The number of carboxylic acid groups (broad SMARTS) is 1. The van der Waals surface area contributed by atoms with Gasteiger partial charge in [0.05, 0.1) is 5.52 Å². The Labute approximate surface area is 151 Å². The van der Waals surface area contributed by atoms with Crippen molar-refractivity contribution in [1.82, 2.24) is 9.71 Å². The second-order valence-corrected chi connectivity index (χ2v) is 7.02. The van der Waals surface area contributed by atoms with Crippen molar-refractivity contribution in [3.63, 3.8) is 0 Å². The first-order chi connectivity index (χ1) is 12.0. The highest BCUT2D eigenvalue weighted by Gasteiger charge is 2.20. The molecule has 3 N–H and O–H groups in total. The summed E-state index contributed by atoms with van der Waals surface area (Å²) < 4.78 is 3.21. The minimum atomic E-state index is -0.936.